The Kier molecular flexibility index (Phi) is 6.09. The first-order valence-electron chi connectivity index (χ1n) is 8.87. The average molecular weight is 391 g/mol. The number of imidazole rings is 1. The van der Waals surface area contributed by atoms with Gasteiger partial charge in [0, 0.05) is 31.9 Å². The fraction of sp³-hybridized carbons (Fsp3) is 0.389. The maximum Gasteiger partial charge on any atom is 0.323 e. The lowest BCUT2D eigenvalue weighted by atomic mass is 10.1. The summed E-state index contributed by atoms with van der Waals surface area (Å²) < 4.78 is 18.5. The molecule has 0 radical (unpaired) electrons. The lowest BCUT2D eigenvalue weighted by Crippen LogP contribution is -2.59. The van der Waals surface area contributed by atoms with Gasteiger partial charge in [0.1, 0.15) is 29.9 Å². The van der Waals surface area contributed by atoms with Gasteiger partial charge in [0.05, 0.1) is 6.54 Å². The monoisotopic (exact) mass is 391 g/mol. The van der Waals surface area contributed by atoms with Crippen LogP contribution in [0.3, 0.4) is 0 Å². The zero-order valence-electron chi connectivity index (χ0n) is 15.4. The number of nitrogens with one attached hydrogen (secondary N) is 3. The van der Waals surface area contributed by atoms with Crippen LogP contribution in [-0.2, 0) is 4.79 Å². The van der Waals surface area contributed by atoms with Crippen LogP contribution < -0.4 is 15.7 Å². The van der Waals surface area contributed by atoms with Gasteiger partial charge in [-0.05, 0) is 19.2 Å². The van der Waals surface area contributed by atoms with Gasteiger partial charge >= 0.3 is 5.69 Å². The first-order valence-corrected chi connectivity index (χ1v) is 8.87. The lowest BCUT2D eigenvalue weighted by Gasteiger charge is -2.38. The maximum atomic E-state index is 13.1. The van der Waals surface area contributed by atoms with Gasteiger partial charge in [-0.1, -0.05) is 6.07 Å². The summed E-state index contributed by atoms with van der Waals surface area (Å²) in [5.41, 5.74) is -0.290. The largest absolute Gasteiger partial charge is 0.492 e. The van der Waals surface area contributed by atoms with Gasteiger partial charge in [-0.15, -0.1) is 0 Å². The van der Waals surface area contributed by atoms with Crippen LogP contribution in [0.25, 0.3) is 0 Å². The van der Waals surface area contributed by atoms with Crippen molar-refractivity contribution in [3.63, 3.8) is 0 Å². The smallest absolute Gasteiger partial charge is 0.323 e. The van der Waals surface area contributed by atoms with Crippen LogP contribution in [0.15, 0.2) is 35.3 Å². The Labute approximate surface area is 160 Å². The van der Waals surface area contributed by atoms with Crippen LogP contribution in [-0.4, -0.2) is 77.5 Å². The first-order chi connectivity index (χ1) is 13.4. The second-order valence-electron chi connectivity index (χ2n) is 6.50. The molecule has 2 heterocycles. The number of amides is 2. The second-order valence-corrected chi connectivity index (χ2v) is 6.50. The highest BCUT2D eigenvalue weighted by Gasteiger charge is 2.32. The molecule has 2 aromatic rings. The summed E-state index contributed by atoms with van der Waals surface area (Å²) in [5, 5.41) is 2.77. The molecule has 1 atom stereocenters. The number of hydrogen-bond acceptors (Lipinski definition) is 5. The normalized spacial score (nSPS) is 17.4. The molecule has 1 saturated heterocycles. The third-order valence-electron chi connectivity index (χ3n) is 4.53. The van der Waals surface area contributed by atoms with E-state index in [1.165, 1.54) is 23.2 Å². The van der Waals surface area contributed by atoms with E-state index in [9.17, 15) is 18.8 Å². The molecule has 0 aliphatic carbocycles. The summed E-state index contributed by atoms with van der Waals surface area (Å²) in [6.45, 7) is 1.63. The Morgan fingerprint density at radius 2 is 2.18 bits per heavy atom. The predicted octanol–water partition coefficient (Wildman–Crippen LogP) is -0.206. The fourth-order valence-electron chi connectivity index (χ4n) is 2.98. The van der Waals surface area contributed by atoms with Gasteiger partial charge in [0.25, 0.3) is 5.91 Å². The number of nitrogens with zero attached hydrogens (tertiary/aromatic N) is 2. The third kappa shape index (κ3) is 4.77. The summed E-state index contributed by atoms with van der Waals surface area (Å²) in [5.74, 6) is -0.565. The van der Waals surface area contributed by atoms with Gasteiger partial charge in [-0.25, -0.2) is 9.18 Å². The number of carbonyl (C=O) groups excluding carboxylic acids is 2. The Bertz CT molecular complexity index is 896. The molecule has 10 heteroatoms. The minimum absolute atomic E-state index is 0.164. The van der Waals surface area contributed by atoms with Crippen molar-refractivity contribution in [1.29, 1.82) is 0 Å². The summed E-state index contributed by atoms with van der Waals surface area (Å²) in [6.07, 6.45) is 1.32. The SMILES string of the molecule is CN1CCN(C(=O)c2c[nH]c(=O)[nH]2)C[C@H]1C(=O)NCCOc1cccc(F)c1. The highest BCUT2D eigenvalue weighted by molar-refractivity contribution is 5.93. The second kappa shape index (κ2) is 8.70. The van der Waals surface area contributed by atoms with Gasteiger partial charge in [0.2, 0.25) is 5.91 Å². The van der Waals surface area contributed by atoms with E-state index in [1.807, 2.05) is 11.9 Å². The van der Waals surface area contributed by atoms with Crippen molar-refractivity contribution in [2.45, 2.75) is 6.04 Å². The Morgan fingerprint density at radius 1 is 1.36 bits per heavy atom. The summed E-state index contributed by atoms with van der Waals surface area (Å²) in [6, 6.07) is 5.26. The molecule has 0 saturated carbocycles. The molecular weight excluding hydrogens is 369 g/mol. The molecule has 1 fully saturated rings. The summed E-state index contributed by atoms with van der Waals surface area (Å²) in [4.78, 5) is 44.4. The summed E-state index contributed by atoms with van der Waals surface area (Å²) in [7, 11) is 1.81. The van der Waals surface area contributed by atoms with Crippen molar-refractivity contribution in [2.24, 2.45) is 0 Å². The van der Waals surface area contributed by atoms with Crippen LogP contribution in [0.2, 0.25) is 0 Å². The number of carbonyl (C=O) groups is 2. The molecule has 1 aliphatic rings. The Hall–Kier alpha value is -3.14. The van der Waals surface area contributed by atoms with E-state index in [0.29, 0.717) is 18.8 Å². The van der Waals surface area contributed by atoms with E-state index >= 15 is 0 Å². The fourth-order valence-corrected chi connectivity index (χ4v) is 2.98. The standard InChI is InChI=1S/C18H22FN5O4/c1-23-6-7-24(17(26)14-10-21-18(27)22-14)11-15(23)16(25)20-5-8-28-13-4-2-3-12(19)9-13/h2-4,9-10,15H,5-8,11H2,1H3,(H,20,25)(H2,21,22,27)/t15-/m0/s1. The van der Waals surface area contributed by atoms with Crippen LogP contribution in [0.4, 0.5) is 4.39 Å². The number of likely N-dealkylation sites (N-methyl/N-ethyl adjacent to an activating group) is 1. The van der Waals surface area contributed by atoms with Crippen molar-refractivity contribution >= 4 is 11.8 Å². The molecule has 1 aromatic carbocycles. The Balaban J connectivity index is 1.50. The van der Waals surface area contributed by atoms with Gasteiger partial charge in [-0.2, -0.15) is 0 Å². The molecule has 28 heavy (non-hydrogen) atoms. The van der Waals surface area contributed by atoms with E-state index in [2.05, 4.69) is 15.3 Å². The summed E-state index contributed by atoms with van der Waals surface area (Å²) >= 11 is 0. The topological polar surface area (TPSA) is 111 Å². The Morgan fingerprint density at radius 3 is 2.89 bits per heavy atom. The van der Waals surface area contributed by atoms with Crippen LogP contribution in [0.1, 0.15) is 10.5 Å². The number of benzene rings is 1. The molecule has 0 bridgehead atoms. The zero-order chi connectivity index (χ0) is 20.1. The van der Waals surface area contributed by atoms with Crippen molar-refractivity contribution in [3.8, 4) is 5.75 Å². The molecule has 0 unspecified atom stereocenters. The number of aromatic amines is 2. The van der Waals surface area contributed by atoms with E-state index in [-0.39, 0.29) is 43.0 Å². The first kappa shape index (κ1) is 19.6. The van der Waals surface area contributed by atoms with Crippen molar-refractivity contribution in [1.82, 2.24) is 25.1 Å². The minimum atomic E-state index is -0.516. The van der Waals surface area contributed by atoms with E-state index in [4.69, 9.17) is 4.74 Å². The highest BCUT2D eigenvalue weighted by Crippen LogP contribution is 2.12. The zero-order valence-corrected chi connectivity index (χ0v) is 15.4. The van der Waals surface area contributed by atoms with Crippen LogP contribution in [0, 0.1) is 5.82 Å². The minimum Gasteiger partial charge on any atom is -0.492 e. The number of halogens is 1. The average Bonchev–Trinajstić information content (AvgIpc) is 3.11. The maximum absolute atomic E-state index is 13.1. The van der Waals surface area contributed by atoms with Crippen molar-refractivity contribution in [3.05, 3.63) is 52.5 Å². The van der Waals surface area contributed by atoms with E-state index in [1.54, 1.807) is 12.1 Å². The third-order valence-corrected chi connectivity index (χ3v) is 4.53. The molecule has 3 rings (SSSR count). The number of aromatic nitrogens is 2. The lowest BCUT2D eigenvalue weighted by molar-refractivity contribution is -0.127. The highest BCUT2D eigenvalue weighted by atomic mass is 19.1. The van der Waals surface area contributed by atoms with Crippen LogP contribution in [0.5, 0.6) is 5.75 Å². The van der Waals surface area contributed by atoms with Gasteiger partial charge < -0.3 is 24.9 Å². The number of hydrogen-bond donors (Lipinski definition) is 3. The molecule has 1 aromatic heterocycles. The molecule has 9 nitrogen and oxygen atoms in total. The molecule has 1 aliphatic heterocycles. The van der Waals surface area contributed by atoms with E-state index < -0.39 is 11.7 Å². The predicted molar refractivity (Wildman–Crippen MR) is 98.6 cm³/mol. The molecule has 150 valence electrons. The quantitative estimate of drug-likeness (QED) is 0.591. The van der Waals surface area contributed by atoms with Crippen molar-refractivity contribution in [2.75, 3.05) is 39.8 Å². The van der Waals surface area contributed by atoms with Gasteiger partial charge in [-0.3, -0.25) is 14.5 Å². The molecule has 0 spiro atoms. The van der Waals surface area contributed by atoms with Crippen LogP contribution >= 0.6 is 0 Å². The van der Waals surface area contributed by atoms with E-state index in [0.717, 1.165) is 0 Å². The number of H-pyrrole nitrogens is 2. The number of ether oxygens (including phenoxy) is 1. The molecule has 2 amide bonds. The van der Waals surface area contributed by atoms with Gasteiger partial charge in [0.15, 0.2) is 0 Å². The molecule has 3 N–H and O–H groups in total. The number of piperazine rings is 1. The number of rotatable bonds is 6. The van der Waals surface area contributed by atoms with Crippen molar-refractivity contribution < 1.29 is 18.7 Å². The molecular formula is C18H22FN5O4.